The minimum atomic E-state index is -0.489. The summed E-state index contributed by atoms with van der Waals surface area (Å²) in [6.45, 7) is 2.36. The molecule has 31 heavy (non-hydrogen) atoms. The lowest BCUT2D eigenvalue weighted by Gasteiger charge is -2.31. The van der Waals surface area contributed by atoms with Crippen LogP contribution >= 0.6 is 22.6 Å². The summed E-state index contributed by atoms with van der Waals surface area (Å²) in [5.41, 5.74) is 1.14. The lowest BCUT2D eigenvalue weighted by atomic mass is 10.1. The number of hydrogen-bond acceptors (Lipinski definition) is 3. The van der Waals surface area contributed by atoms with Crippen molar-refractivity contribution in [3.8, 4) is 5.75 Å². The van der Waals surface area contributed by atoms with Crippen molar-refractivity contribution in [1.82, 2.24) is 10.2 Å². The molecule has 1 N–H and O–H groups in total. The molecule has 1 saturated carbocycles. The van der Waals surface area contributed by atoms with Gasteiger partial charge in [-0.2, -0.15) is 0 Å². The van der Waals surface area contributed by atoms with Crippen molar-refractivity contribution in [2.75, 3.05) is 13.2 Å². The second kappa shape index (κ2) is 12.1. The number of ether oxygens (including phenoxy) is 1. The molecule has 1 aliphatic carbocycles. The maximum absolute atomic E-state index is 13.2. The fraction of sp³-hybridized carbons (Fsp3) is 0.440. The van der Waals surface area contributed by atoms with Crippen molar-refractivity contribution in [3.05, 3.63) is 63.7 Å². The van der Waals surface area contributed by atoms with Gasteiger partial charge >= 0.3 is 0 Å². The highest BCUT2D eigenvalue weighted by atomic mass is 127. The molecule has 0 spiro atoms. The summed E-state index contributed by atoms with van der Waals surface area (Å²) in [4.78, 5) is 27.9. The van der Waals surface area contributed by atoms with E-state index in [1.165, 1.54) is 0 Å². The second-order valence-corrected chi connectivity index (χ2v) is 9.22. The van der Waals surface area contributed by atoms with E-state index < -0.39 is 6.04 Å². The first-order valence-electron chi connectivity index (χ1n) is 11.1. The Morgan fingerprint density at radius 3 is 2.42 bits per heavy atom. The van der Waals surface area contributed by atoms with E-state index >= 15 is 0 Å². The van der Waals surface area contributed by atoms with Gasteiger partial charge in [0.25, 0.3) is 5.91 Å². The molecule has 0 bridgehead atoms. The van der Waals surface area contributed by atoms with E-state index in [1.54, 1.807) is 4.90 Å². The van der Waals surface area contributed by atoms with Gasteiger partial charge in [0.05, 0.1) is 0 Å². The van der Waals surface area contributed by atoms with Crippen molar-refractivity contribution in [2.24, 2.45) is 0 Å². The molecular formula is C25H31IN2O3. The molecule has 0 unspecified atom stereocenters. The molecule has 0 aliphatic heterocycles. The molecule has 1 atom stereocenters. The first-order chi connectivity index (χ1) is 15.1. The summed E-state index contributed by atoms with van der Waals surface area (Å²) >= 11 is 2.23. The summed E-state index contributed by atoms with van der Waals surface area (Å²) in [7, 11) is 0. The number of nitrogens with zero attached hydrogens (tertiary/aromatic N) is 1. The zero-order valence-corrected chi connectivity index (χ0v) is 20.2. The zero-order valence-electron chi connectivity index (χ0n) is 18.1. The molecular weight excluding hydrogens is 503 g/mol. The lowest BCUT2D eigenvalue weighted by Crippen LogP contribution is -2.52. The smallest absolute Gasteiger partial charge is 0.261 e. The van der Waals surface area contributed by atoms with Crippen molar-refractivity contribution in [1.29, 1.82) is 0 Å². The predicted octanol–water partition coefficient (Wildman–Crippen LogP) is 4.58. The Morgan fingerprint density at radius 1 is 1.10 bits per heavy atom. The number of amides is 2. The van der Waals surface area contributed by atoms with Crippen LogP contribution in [0.5, 0.6) is 5.75 Å². The fourth-order valence-electron chi connectivity index (χ4n) is 4.02. The molecule has 166 valence electrons. The Kier molecular flexibility index (Phi) is 9.18. The Balaban J connectivity index is 1.68. The Labute approximate surface area is 198 Å². The average molecular weight is 534 g/mol. The lowest BCUT2D eigenvalue weighted by molar-refractivity contribution is -0.142. The largest absolute Gasteiger partial charge is 0.484 e. The van der Waals surface area contributed by atoms with Gasteiger partial charge in [-0.1, -0.05) is 50.1 Å². The molecule has 3 rings (SSSR count). The van der Waals surface area contributed by atoms with Crippen molar-refractivity contribution in [2.45, 2.75) is 57.5 Å². The van der Waals surface area contributed by atoms with Gasteiger partial charge in [-0.15, -0.1) is 0 Å². The first-order valence-corrected chi connectivity index (χ1v) is 12.2. The van der Waals surface area contributed by atoms with E-state index in [4.69, 9.17) is 4.74 Å². The van der Waals surface area contributed by atoms with Gasteiger partial charge in [-0.3, -0.25) is 9.59 Å². The van der Waals surface area contributed by atoms with Gasteiger partial charge in [-0.05, 0) is 78.1 Å². The highest BCUT2D eigenvalue weighted by Crippen LogP contribution is 2.19. The van der Waals surface area contributed by atoms with E-state index in [-0.39, 0.29) is 24.5 Å². The molecule has 0 aromatic heterocycles. The molecule has 0 heterocycles. The third-order valence-electron chi connectivity index (χ3n) is 5.75. The van der Waals surface area contributed by atoms with Crippen LogP contribution in [-0.4, -0.2) is 41.9 Å². The summed E-state index contributed by atoms with van der Waals surface area (Å²) in [5.74, 6) is 0.438. The number of nitrogens with one attached hydrogen (secondary N) is 1. The number of carbonyl (C=O) groups excluding carboxylic acids is 2. The number of benzene rings is 2. The van der Waals surface area contributed by atoms with Crippen molar-refractivity contribution < 1.29 is 14.3 Å². The van der Waals surface area contributed by atoms with Crippen LogP contribution < -0.4 is 10.1 Å². The van der Waals surface area contributed by atoms with E-state index in [0.29, 0.717) is 25.1 Å². The normalized spacial score (nSPS) is 14.8. The van der Waals surface area contributed by atoms with Crippen LogP contribution in [0.15, 0.2) is 54.6 Å². The summed E-state index contributed by atoms with van der Waals surface area (Å²) in [6.07, 6.45) is 5.63. The maximum atomic E-state index is 13.2. The molecule has 0 saturated heterocycles. The van der Waals surface area contributed by atoms with Crippen LogP contribution in [0.3, 0.4) is 0 Å². The SMILES string of the molecule is CC[C@@H](C(=O)NC1CCCC1)N(CCc1ccccc1)C(=O)COc1ccc(I)cc1. The minimum Gasteiger partial charge on any atom is -0.484 e. The van der Waals surface area contributed by atoms with E-state index in [2.05, 4.69) is 27.9 Å². The molecule has 1 fully saturated rings. The highest BCUT2D eigenvalue weighted by molar-refractivity contribution is 14.1. The molecule has 6 heteroatoms. The van der Waals surface area contributed by atoms with Crippen molar-refractivity contribution in [3.63, 3.8) is 0 Å². The van der Waals surface area contributed by atoms with Gasteiger partial charge < -0.3 is 15.0 Å². The summed E-state index contributed by atoms with van der Waals surface area (Å²) in [5, 5.41) is 3.17. The summed E-state index contributed by atoms with van der Waals surface area (Å²) < 4.78 is 6.84. The third kappa shape index (κ3) is 7.23. The van der Waals surface area contributed by atoms with Crippen LogP contribution in [0.4, 0.5) is 0 Å². The minimum absolute atomic E-state index is 0.0509. The topological polar surface area (TPSA) is 58.6 Å². The number of halogens is 1. The highest BCUT2D eigenvalue weighted by Gasteiger charge is 2.30. The van der Waals surface area contributed by atoms with Gasteiger partial charge in [0.1, 0.15) is 11.8 Å². The Bertz CT molecular complexity index is 836. The third-order valence-corrected chi connectivity index (χ3v) is 6.47. The van der Waals surface area contributed by atoms with E-state index in [9.17, 15) is 9.59 Å². The van der Waals surface area contributed by atoms with Crippen LogP contribution in [0, 0.1) is 3.57 Å². The van der Waals surface area contributed by atoms with Crippen LogP contribution in [0.25, 0.3) is 0 Å². The van der Waals surface area contributed by atoms with Gasteiger partial charge in [0.15, 0.2) is 6.61 Å². The molecule has 2 aromatic carbocycles. The monoisotopic (exact) mass is 534 g/mol. The Hall–Kier alpha value is -2.09. The number of carbonyl (C=O) groups is 2. The average Bonchev–Trinajstić information content (AvgIpc) is 3.29. The zero-order chi connectivity index (χ0) is 22.1. The van der Waals surface area contributed by atoms with Gasteiger partial charge in [-0.25, -0.2) is 0 Å². The van der Waals surface area contributed by atoms with Gasteiger partial charge in [0.2, 0.25) is 5.91 Å². The maximum Gasteiger partial charge on any atom is 0.261 e. The quantitative estimate of drug-likeness (QED) is 0.455. The number of rotatable bonds is 10. The summed E-state index contributed by atoms with van der Waals surface area (Å²) in [6, 6.07) is 17.4. The fourth-order valence-corrected chi connectivity index (χ4v) is 4.38. The van der Waals surface area contributed by atoms with Crippen molar-refractivity contribution >= 4 is 34.4 Å². The first kappa shape index (κ1) is 23.6. The second-order valence-electron chi connectivity index (χ2n) is 7.98. The molecule has 2 aromatic rings. The van der Waals surface area contributed by atoms with Crippen LogP contribution in [-0.2, 0) is 16.0 Å². The van der Waals surface area contributed by atoms with Gasteiger partial charge in [0, 0.05) is 16.2 Å². The van der Waals surface area contributed by atoms with Crippen LogP contribution in [0.2, 0.25) is 0 Å². The number of hydrogen-bond donors (Lipinski definition) is 1. The Morgan fingerprint density at radius 2 is 1.77 bits per heavy atom. The molecule has 2 amide bonds. The van der Waals surface area contributed by atoms with E-state index in [1.807, 2.05) is 61.5 Å². The van der Waals surface area contributed by atoms with E-state index in [0.717, 1.165) is 34.8 Å². The standard InChI is InChI=1S/C25H31IN2O3/c1-2-23(25(30)27-21-10-6-7-11-21)28(17-16-19-8-4-3-5-9-19)24(29)18-31-22-14-12-20(26)13-15-22/h3-5,8-9,12-15,21,23H,2,6-7,10-11,16-18H2,1H3,(H,27,30)/t23-/m0/s1. The molecule has 5 nitrogen and oxygen atoms in total. The predicted molar refractivity (Wildman–Crippen MR) is 131 cm³/mol. The molecule has 1 aliphatic rings. The molecule has 0 radical (unpaired) electrons. The van der Waals surface area contributed by atoms with Crippen LogP contribution in [0.1, 0.15) is 44.6 Å².